The fourth-order valence-electron chi connectivity index (χ4n) is 3.27. The van der Waals surface area contributed by atoms with E-state index in [-0.39, 0.29) is 0 Å². The number of nitrogens with zero attached hydrogens (tertiary/aromatic N) is 1. The van der Waals surface area contributed by atoms with Crippen LogP contribution in [-0.4, -0.2) is 12.0 Å². The van der Waals surface area contributed by atoms with Crippen molar-refractivity contribution >= 4 is 12.0 Å². The topological polar surface area (TPSA) is 38.7 Å². The van der Waals surface area contributed by atoms with Crippen LogP contribution in [-0.2, 0) is 17.9 Å². The Morgan fingerprint density at radius 2 is 1.82 bits per heavy atom. The van der Waals surface area contributed by atoms with Gasteiger partial charge in [0.1, 0.15) is 12.9 Å². The van der Waals surface area contributed by atoms with Crippen LogP contribution in [0.15, 0.2) is 71.9 Å². The van der Waals surface area contributed by atoms with Crippen LogP contribution in [0.4, 0.5) is 0 Å². The van der Waals surface area contributed by atoms with Crippen LogP contribution in [0.2, 0.25) is 0 Å². The van der Waals surface area contributed by atoms with Crippen LogP contribution in [0.3, 0.4) is 0 Å². The molecular weight excluding hydrogens is 346 g/mol. The minimum absolute atomic E-state index is 0.417. The first-order valence-electron chi connectivity index (χ1n) is 9.52. The van der Waals surface area contributed by atoms with E-state index in [1.807, 2.05) is 38.1 Å². The molecule has 3 rings (SSSR count). The third kappa shape index (κ3) is 4.55. The first-order valence-corrected chi connectivity index (χ1v) is 9.52. The van der Waals surface area contributed by atoms with Crippen molar-refractivity contribution in [3.8, 4) is 11.1 Å². The number of aryl methyl sites for hydroxylation is 2. The molecule has 0 aliphatic heterocycles. The number of carbonyl (C=O) groups is 1. The minimum Gasteiger partial charge on any atom is -0.391 e. The molecule has 28 heavy (non-hydrogen) atoms. The Morgan fingerprint density at radius 1 is 1.04 bits per heavy atom. The smallest absolute Gasteiger partial charge is 0.150 e. The molecule has 3 nitrogen and oxygen atoms in total. The molecule has 0 spiro atoms. The molecule has 0 unspecified atom stereocenters. The van der Waals surface area contributed by atoms with Crippen LogP contribution < -0.4 is 0 Å². The molecule has 3 aromatic carbocycles. The van der Waals surface area contributed by atoms with Gasteiger partial charge in [0.15, 0.2) is 0 Å². The molecule has 0 radical (unpaired) electrons. The highest BCUT2D eigenvalue weighted by Crippen LogP contribution is 2.24. The van der Waals surface area contributed by atoms with Crippen LogP contribution in [0.25, 0.3) is 11.1 Å². The largest absolute Gasteiger partial charge is 0.391 e. The zero-order valence-electron chi connectivity index (χ0n) is 16.6. The van der Waals surface area contributed by atoms with Gasteiger partial charge in [-0.25, -0.2) is 0 Å². The van der Waals surface area contributed by atoms with Crippen molar-refractivity contribution < 1.29 is 9.63 Å². The molecule has 0 amide bonds. The summed E-state index contributed by atoms with van der Waals surface area (Å²) in [6.45, 7) is 6.48. The number of aldehydes is 1. The van der Waals surface area contributed by atoms with E-state index in [9.17, 15) is 4.79 Å². The summed E-state index contributed by atoms with van der Waals surface area (Å²) in [5, 5.41) is 4.26. The van der Waals surface area contributed by atoms with Crippen molar-refractivity contribution in [1.29, 1.82) is 0 Å². The van der Waals surface area contributed by atoms with E-state index in [0.29, 0.717) is 6.61 Å². The summed E-state index contributed by atoms with van der Waals surface area (Å²) in [6, 6.07) is 22.5. The molecule has 0 bridgehead atoms. The first kappa shape index (κ1) is 19.6. The van der Waals surface area contributed by atoms with Gasteiger partial charge in [-0.05, 0) is 59.7 Å². The van der Waals surface area contributed by atoms with Crippen molar-refractivity contribution in [1.82, 2.24) is 0 Å². The van der Waals surface area contributed by atoms with E-state index in [4.69, 9.17) is 4.84 Å². The lowest BCUT2D eigenvalue weighted by Crippen LogP contribution is -2.00. The third-order valence-corrected chi connectivity index (χ3v) is 4.88. The Hall–Kier alpha value is -3.20. The average molecular weight is 371 g/mol. The van der Waals surface area contributed by atoms with Gasteiger partial charge >= 0.3 is 0 Å². The fourth-order valence-corrected chi connectivity index (χ4v) is 3.27. The van der Waals surface area contributed by atoms with Crippen molar-refractivity contribution in [2.75, 3.05) is 0 Å². The van der Waals surface area contributed by atoms with Gasteiger partial charge in [-0.2, -0.15) is 0 Å². The average Bonchev–Trinajstić information content (AvgIpc) is 2.73. The van der Waals surface area contributed by atoms with Gasteiger partial charge < -0.3 is 4.84 Å². The molecule has 0 N–H and O–H groups in total. The lowest BCUT2D eigenvalue weighted by molar-refractivity contribution is 0.112. The van der Waals surface area contributed by atoms with Gasteiger partial charge in [0.25, 0.3) is 0 Å². The monoisotopic (exact) mass is 371 g/mol. The second-order valence-corrected chi connectivity index (χ2v) is 6.85. The van der Waals surface area contributed by atoms with Gasteiger partial charge in [0, 0.05) is 5.56 Å². The van der Waals surface area contributed by atoms with Crippen LogP contribution in [0.5, 0.6) is 0 Å². The highest BCUT2D eigenvalue weighted by molar-refractivity contribution is 5.99. The van der Waals surface area contributed by atoms with Gasteiger partial charge in [0.2, 0.25) is 0 Å². The van der Waals surface area contributed by atoms with E-state index < -0.39 is 0 Å². The molecule has 0 aliphatic carbocycles. The van der Waals surface area contributed by atoms with Crippen molar-refractivity contribution in [3.63, 3.8) is 0 Å². The summed E-state index contributed by atoms with van der Waals surface area (Å²) in [4.78, 5) is 16.7. The highest BCUT2D eigenvalue weighted by Gasteiger charge is 2.06. The number of benzene rings is 3. The van der Waals surface area contributed by atoms with E-state index in [2.05, 4.69) is 54.5 Å². The number of hydrogen-bond acceptors (Lipinski definition) is 3. The highest BCUT2D eigenvalue weighted by atomic mass is 16.6. The molecule has 0 saturated carbocycles. The summed E-state index contributed by atoms with van der Waals surface area (Å²) < 4.78 is 0. The third-order valence-electron chi connectivity index (χ3n) is 4.88. The second kappa shape index (κ2) is 9.14. The summed E-state index contributed by atoms with van der Waals surface area (Å²) in [7, 11) is 0. The Balaban J connectivity index is 1.69. The summed E-state index contributed by atoms with van der Waals surface area (Å²) in [6.07, 6.45) is 1.70. The fraction of sp³-hybridized carbons (Fsp3) is 0.200. The Labute approximate surface area is 166 Å². The predicted molar refractivity (Wildman–Crippen MR) is 115 cm³/mol. The Kier molecular flexibility index (Phi) is 6.38. The maximum Gasteiger partial charge on any atom is 0.150 e. The Bertz CT molecular complexity index is 991. The number of hydrogen-bond donors (Lipinski definition) is 0. The van der Waals surface area contributed by atoms with Crippen LogP contribution in [0, 0.1) is 6.92 Å². The standard InChI is InChI=1S/C25H25NO2/c1-4-21-15-23(11-12-24(21)16-27)19(3)26-28-17-20-10-13-25(18(2)14-20)22-8-6-5-7-9-22/h5-16H,4,17H2,1-3H3. The number of rotatable bonds is 7. The lowest BCUT2D eigenvalue weighted by Gasteiger charge is -2.09. The van der Waals surface area contributed by atoms with Gasteiger partial charge in [-0.1, -0.05) is 72.7 Å². The summed E-state index contributed by atoms with van der Waals surface area (Å²) in [5.74, 6) is 0. The predicted octanol–water partition coefficient (Wildman–Crippen LogP) is 5.98. The van der Waals surface area contributed by atoms with Gasteiger partial charge in [-0.15, -0.1) is 0 Å². The van der Waals surface area contributed by atoms with Crippen LogP contribution >= 0.6 is 0 Å². The molecule has 3 heteroatoms. The quantitative estimate of drug-likeness (QED) is 0.291. The SMILES string of the molecule is CCc1cc(C(C)=NOCc2ccc(-c3ccccc3)c(C)c2)ccc1C=O. The Morgan fingerprint density at radius 3 is 2.50 bits per heavy atom. The molecule has 3 aromatic rings. The molecule has 142 valence electrons. The van der Waals surface area contributed by atoms with Crippen molar-refractivity contribution in [3.05, 3.63) is 94.5 Å². The molecular formula is C25H25NO2. The number of oxime groups is 1. The maximum atomic E-state index is 11.1. The second-order valence-electron chi connectivity index (χ2n) is 6.85. The minimum atomic E-state index is 0.417. The molecule has 0 aromatic heterocycles. The lowest BCUT2D eigenvalue weighted by atomic mass is 9.99. The zero-order valence-corrected chi connectivity index (χ0v) is 16.6. The molecule has 0 saturated heterocycles. The van der Waals surface area contributed by atoms with E-state index in [1.165, 1.54) is 16.7 Å². The van der Waals surface area contributed by atoms with E-state index in [1.54, 1.807) is 0 Å². The normalized spacial score (nSPS) is 11.3. The van der Waals surface area contributed by atoms with Crippen LogP contribution in [0.1, 0.15) is 46.5 Å². The van der Waals surface area contributed by atoms with Gasteiger partial charge in [-0.3, -0.25) is 4.79 Å². The van der Waals surface area contributed by atoms with E-state index in [0.717, 1.165) is 40.7 Å². The zero-order chi connectivity index (χ0) is 19.9. The summed E-state index contributed by atoms with van der Waals surface area (Å²) in [5.41, 5.74) is 8.26. The van der Waals surface area contributed by atoms with Gasteiger partial charge in [0.05, 0.1) is 5.71 Å². The first-order chi connectivity index (χ1) is 13.6. The molecule has 0 fully saturated rings. The molecule has 0 atom stereocenters. The summed E-state index contributed by atoms with van der Waals surface area (Å²) >= 11 is 0. The molecule has 0 aliphatic rings. The molecule has 0 heterocycles. The maximum absolute atomic E-state index is 11.1. The van der Waals surface area contributed by atoms with E-state index >= 15 is 0 Å². The number of carbonyl (C=O) groups excluding carboxylic acids is 1. The van der Waals surface area contributed by atoms with Crippen molar-refractivity contribution in [2.24, 2.45) is 5.16 Å². The van der Waals surface area contributed by atoms with Crippen molar-refractivity contribution in [2.45, 2.75) is 33.8 Å².